The van der Waals surface area contributed by atoms with Gasteiger partial charge in [-0.05, 0) is 24.3 Å². The van der Waals surface area contributed by atoms with Crippen LogP contribution in [0.3, 0.4) is 0 Å². The minimum absolute atomic E-state index is 0.120. The zero-order valence-electron chi connectivity index (χ0n) is 13.5. The Labute approximate surface area is 177 Å². The first-order valence-electron chi connectivity index (χ1n) is 7.35. The van der Waals surface area contributed by atoms with E-state index in [0.717, 1.165) is 11.8 Å². The van der Waals surface area contributed by atoms with Gasteiger partial charge in [-0.2, -0.15) is 0 Å². The van der Waals surface area contributed by atoms with Gasteiger partial charge in [-0.1, -0.05) is 47.2 Å². The summed E-state index contributed by atoms with van der Waals surface area (Å²) in [5.41, 5.74) is 0.139. The average Bonchev–Trinajstić information content (AvgIpc) is 2.90. The Balaban J connectivity index is 1.96. The third-order valence-electron chi connectivity index (χ3n) is 3.66. The Morgan fingerprint density at radius 2 is 1.68 bits per heavy atom. The van der Waals surface area contributed by atoms with Crippen molar-refractivity contribution in [2.45, 2.75) is 0 Å². The van der Waals surface area contributed by atoms with Crippen LogP contribution in [0.25, 0.3) is 6.08 Å². The molecule has 2 aromatic rings. The van der Waals surface area contributed by atoms with Crippen LogP contribution in [0.4, 0.5) is 17.1 Å². The van der Waals surface area contributed by atoms with E-state index in [-0.39, 0.29) is 36.2 Å². The lowest BCUT2D eigenvalue weighted by Crippen LogP contribution is -2.27. The van der Waals surface area contributed by atoms with Gasteiger partial charge in [-0.3, -0.25) is 29.9 Å². The zero-order valence-corrected chi connectivity index (χ0v) is 16.6. The molecule has 28 heavy (non-hydrogen) atoms. The second-order valence-corrected chi connectivity index (χ2v) is 7.86. The van der Waals surface area contributed by atoms with Gasteiger partial charge in [-0.25, -0.2) is 0 Å². The second kappa shape index (κ2) is 7.84. The number of nitrogens with zero attached hydrogens (tertiary/aromatic N) is 3. The molecule has 2 aromatic carbocycles. The molecule has 1 fully saturated rings. The number of halogens is 2. The predicted molar refractivity (Wildman–Crippen MR) is 112 cm³/mol. The Morgan fingerprint density at radius 1 is 1.04 bits per heavy atom. The average molecular weight is 456 g/mol. The molecule has 0 atom stereocenters. The van der Waals surface area contributed by atoms with Crippen LogP contribution < -0.4 is 4.90 Å². The highest BCUT2D eigenvalue weighted by Crippen LogP contribution is 2.38. The van der Waals surface area contributed by atoms with Crippen molar-refractivity contribution in [3.05, 3.63) is 77.1 Å². The maximum atomic E-state index is 12.7. The summed E-state index contributed by atoms with van der Waals surface area (Å²) in [6.07, 6.45) is 1.39. The topological polar surface area (TPSA) is 107 Å². The number of carbonyl (C=O) groups excluding carboxylic acids is 1. The van der Waals surface area contributed by atoms with Crippen LogP contribution >= 0.6 is 47.2 Å². The highest BCUT2D eigenvalue weighted by Gasteiger charge is 2.34. The largest absolute Gasteiger partial charge is 0.288 e. The zero-order chi connectivity index (χ0) is 20.6. The molecule has 142 valence electrons. The van der Waals surface area contributed by atoms with E-state index in [9.17, 15) is 25.0 Å². The molecule has 0 radical (unpaired) electrons. The summed E-state index contributed by atoms with van der Waals surface area (Å²) >= 11 is 18.1. The molecule has 1 amide bonds. The monoisotopic (exact) mass is 455 g/mol. The molecule has 0 N–H and O–H groups in total. The molecule has 0 saturated carbocycles. The fourth-order valence-electron chi connectivity index (χ4n) is 2.36. The molecule has 0 spiro atoms. The lowest BCUT2D eigenvalue weighted by atomic mass is 10.1. The molecule has 12 heteroatoms. The molecule has 1 aliphatic heterocycles. The van der Waals surface area contributed by atoms with Crippen LogP contribution in [-0.4, -0.2) is 20.1 Å². The van der Waals surface area contributed by atoms with Crippen molar-refractivity contribution in [2.75, 3.05) is 4.90 Å². The number of nitro benzene ring substituents is 2. The van der Waals surface area contributed by atoms with Gasteiger partial charge in [-0.15, -0.1) is 0 Å². The van der Waals surface area contributed by atoms with Crippen LogP contribution in [-0.2, 0) is 4.79 Å². The normalized spacial score (nSPS) is 15.4. The highest BCUT2D eigenvalue weighted by molar-refractivity contribution is 8.27. The minimum Gasteiger partial charge on any atom is -0.268 e. The number of carbonyl (C=O) groups is 1. The number of amides is 1. The molecular weight excluding hydrogens is 449 g/mol. The number of rotatable bonds is 4. The summed E-state index contributed by atoms with van der Waals surface area (Å²) < 4.78 is 0.213. The highest BCUT2D eigenvalue weighted by atomic mass is 35.5. The van der Waals surface area contributed by atoms with E-state index in [1.165, 1.54) is 47.4 Å². The summed E-state index contributed by atoms with van der Waals surface area (Å²) in [7, 11) is 0. The summed E-state index contributed by atoms with van der Waals surface area (Å²) in [6.45, 7) is 0. The van der Waals surface area contributed by atoms with E-state index in [0.29, 0.717) is 5.69 Å². The number of benzene rings is 2. The standard InChI is InChI=1S/C16H7Cl2N3O5S2/c17-11-7-12(18)13(21(25)26)5-8(11)6-14-15(22)19(16(27)28-14)9-1-3-10(4-2-9)20(23)24/h1-7H/b14-6+. The van der Waals surface area contributed by atoms with E-state index >= 15 is 0 Å². The van der Waals surface area contributed by atoms with Crippen LogP contribution in [0.15, 0.2) is 41.3 Å². The smallest absolute Gasteiger partial charge is 0.268 e. The van der Waals surface area contributed by atoms with Gasteiger partial charge < -0.3 is 0 Å². The minimum atomic E-state index is -0.655. The molecule has 3 rings (SSSR count). The van der Waals surface area contributed by atoms with E-state index in [4.69, 9.17) is 35.4 Å². The third kappa shape index (κ3) is 3.85. The van der Waals surface area contributed by atoms with Gasteiger partial charge in [0.1, 0.15) is 5.02 Å². The number of anilines is 1. The van der Waals surface area contributed by atoms with Crippen LogP contribution in [0.2, 0.25) is 10.0 Å². The van der Waals surface area contributed by atoms with Gasteiger partial charge in [0.05, 0.1) is 20.4 Å². The maximum absolute atomic E-state index is 12.7. The molecule has 0 aliphatic carbocycles. The van der Waals surface area contributed by atoms with Gasteiger partial charge in [0.15, 0.2) is 4.32 Å². The van der Waals surface area contributed by atoms with E-state index < -0.39 is 15.8 Å². The summed E-state index contributed by atoms with van der Waals surface area (Å²) in [5.74, 6) is -0.475. The first kappa shape index (κ1) is 20.2. The molecule has 1 heterocycles. The van der Waals surface area contributed by atoms with E-state index in [1.807, 2.05) is 0 Å². The van der Waals surface area contributed by atoms with Crippen LogP contribution in [0, 0.1) is 20.2 Å². The van der Waals surface area contributed by atoms with Crippen molar-refractivity contribution in [1.82, 2.24) is 0 Å². The first-order valence-corrected chi connectivity index (χ1v) is 9.33. The SMILES string of the molecule is O=C1/C(=C\c2cc([N+](=O)[O-])c(Cl)cc2Cl)SC(=S)N1c1ccc([N+](=O)[O-])cc1. The third-order valence-corrected chi connectivity index (χ3v) is 5.59. The van der Waals surface area contributed by atoms with E-state index in [2.05, 4.69) is 0 Å². The lowest BCUT2D eigenvalue weighted by Gasteiger charge is -2.13. The summed E-state index contributed by atoms with van der Waals surface area (Å²) in [4.78, 5) is 34.8. The molecular formula is C16H7Cl2N3O5S2. The summed E-state index contributed by atoms with van der Waals surface area (Å²) in [6, 6.07) is 7.74. The Hall–Kier alpha value is -2.53. The predicted octanol–water partition coefficient (Wildman–Crippen LogP) is 5.22. The van der Waals surface area contributed by atoms with Crippen molar-refractivity contribution in [1.29, 1.82) is 0 Å². The molecule has 1 aliphatic rings. The fourth-order valence-corrected chi connectivity index (χ4v) is 4.16. The van der Waals surface area contributed by atoms with Crippen molar-refractivity contribution in [3.8, 4) is 0 Å². The lowest BCUT2D eigenvalue weighted by molar-refractivity contribution is -0.385. The number of thioether (sulfide) groups is 1. The number of nitro groups is 2. The molecule has 0 aromatic heterocycles. The van der Waals surface area contributed by atoms with Crippen molar-refractivity contribution < 1.29 is 14.6 Å². The Bertz CT molecular complexity index is 1070. The van der Waals surface area contributed by atoms with E-state index in [1.54, 1.807) is 0 Å². The summed E-state index contributed by atoms with van der Waals surface area (Å²) in [5, 5.41) is 21.8. The van der Waals surface area contributed by atoms with Crippen molar-refractivity contribution >= 4 is 80.5 Å². The molecule has 1 saturated heterocycles. The van der Waals surface area contributed by atoms with Crippen LogP contribution in [0.5, 0.6) is 0 Å². The van der Waals surface area contributed by atoms with Crippen molar-refractivity contribution in [2.24, 2.45) is 0 Å². The molecule has 0 bridgehead atoms. The van der Waals surface area contributed by atoms with Gasteiger partial charge in [0.2, 0.25) is 0 Å². The number of thiocarbonyl (C=S) groups is 1. The Kier molecular flexibility index (Phi) is 5.66. The number of non-ortho nitro benzene ring substituents is 1. The number of hydrogen-bond acceptors (Lipinski definition) is 7. The van der Waals surface area contributed by atoms with Crippen molar-refractivity contribution in [3.63, 3.8) is 0 Å². The van der Waals surface area contributed by atoms with Crippen LogP contribution in [0.1, 0.15) is 5.56 Å². The van der Waals surface area contributed by atoms with Gasteiger partial charge in [0.25, 0.3) is 17.3 Å². The quantitative estimate of drug-likeness (QED) is 0.269. The van der Waals surface area contributed by atoms with Gasteiger partial charge in [0, 0.05) is 28.8 Å². The number of hydrogen-bond donors (Lipinski definition) is 0. The van der Waals surface area contributed by atoms with Gasteiger partial charge >= 0.3 is 0 Å². The molecule has 8 nitrogen and oxygen atoms in total. The second-order valence-electron chi connectivity index (χ2n) is 5.37. The first-order chi connectivity index (χ1) is 13.2. The Morgan fingerprint density at radius 3 is 2.25 bits per heavy atom. The maximum Gasteiger partial charge on any atom is 0.288 e. The fraction of sp³-hybridized carbons (Fsp3) is 0. The molecule has 0 unspecified atom stereocenters.